The molecular formula is C15H18FNO2S. The van der Waals surface area contributed by atoms with Crippen LogP contribution >= 0.6 is 11.8 Å². The van der Waals surface area contributed by atoms with Crippen LogP contribution in [0.5, 0.6) is 0 Å². The van der Waals surface area contributed by atoms with Crippen molar-refractivity contribution in [1.82, 2.24) is 5.32 Å². The fraction of sp³-hybridized carbons (Fsp3) is 0.533. The zero-order valence-electron chi connectivity index (χ0n) is 11.2. The number of carbonyl (C=O) groups is 1. The molecule has 1 unspecified atom stereocenters. The van der Waals surface area contributed by atoms with Gasteiger partial charge in [0.2, 0.25) is 0 Å². The van der Waals surface area contributed by atoms with Crippen molar-refractivity contribution >= 4 is 17.7 Å². The first-order valence-corrected chi connectivity index (χ1v) is 8.13. The van der Waals surface area contributed by atoms with Crippen molar-refractivity contribution in [2.45, 2.75) is 37.3 Å². The van der Waals surface area contributed by atoms with E-state index in [0.717, 1.165) is 35.5 Å². The van der Waals surface area contributed by atoms with Crippen molar-refractivity contribution in [2.24, 2.45) is 0 Å². The highest BCUT2D eigenvalue weighted by atomic mass is 32.2. The summed E-state index contributed by atoms with van der Waals surface area (Å²) in [6.45, 7) is 0. The predicted molar refractivity (Wildman–Crippen MR) is 77.1 cm³/mol. The number of aryl methyl sites for hydroxylation is 1. The number of thioether (sulfide) groups is 1. The van der Waals surface area contributed by atoms with Crippen LogP contribution < -0.4 is 5.32 Å². The molecule has 0 spiro atoms. The van der Waals surface area contributed by atoms with E-state index in [2.05, 4.69) is 5.32 Å². The van der Waals surface area contributed by atoms with Gasteiger partial charge in [-0.3, -0.25) is 4.79 Å². The zero-order valence-corrected chi connectivity index (χ0v) is 12.0. The van der Waals surface area contributed by atoms with Crippen LogP contribution in [-0.4, -0.2) is 28.1 Å². The second-order valence-electron chi connectivity index (χ2n) is 5.55. The van der Waals surface area contributed by atoms with E-state index in [1.807, 2.05) is 0 Å². The van der Waals surface area contributed by atoms with Crippen LogP contribution in [-0.2, 0) is 11.2 Å². The molecule has 0 aromatic heterocycles. The summed E-state index contributed by atoms with van der Waals surface area (Å²) in [4.78, 5) is 12.3. The highest BCUT2D eigenvalue weighted by molar-refractivity contribution is 7.99. The maximum Gasteiger partial charge on any atom is 0.252 e. The Morgan fingerprint density at radius 3 is 2.90 bits per heavy atom. The molecule has 1 aliphatic carbocycles. The molecule has 20 heavy (non-hydrogen) atoms. The molecule has 1 aliphatic heterocycles. The minimum atomic E-state index is -1.23. The van der Waals surface area contributed by atoms with E-state index in [4.69, 9.17) is 0 Å². The minimum absolute atomic E-state index is 0.100. The predicted octanol–water partition coefficient (Wildman–Crippen LogP) is 2.19. The van der Waals surface area contributed by atoms with Gasteiger partial charge in [-0.05, 0) is 60.4 Å². The summed E-state index contributed by atoms with van der Waals surface area (Å²) in [7, 11) is 0. The van der Waals surface area contributed by atoms with E-state index >= 15 is 0 Å². The van der Waals surface area contributed by atoms with E-state index in [0.29, 0.717) is 12.8 Å². The molecule has 108 valence electrons. The Labute approximate surface area is 121 Å². The second kappa shape index (κ2) is 5.37. The Morgan fingerprint density at radius 1 is 1.40 bits per heavy atom. The molecule has 1 fully saturated rings. The first-order valence-electron chi connectivity index (χ1n) is 6.98. The van der Waals surface area contributed by atoms with Crippen molar-refractivity contribution in [3.63, 3.8) is 0 Å². The first-order chi connectivity index (χ1) is 9.58. The van der Waals surface area contributed by atoms with Crippen LogP contribution in [0.25, 0.3) is 0 Å². The average molecular weight is 295 g/mol. The summed E-state index contributed by atoms with van der Waals surface area (Å²) in [5.41, 5.74) is 0.712. The third-order valence-corrected chi connectivity index (χ3v) is 5.22. The van der Waals surface area contributed by atoms with E-state index < -0.39 is 5.60 Å². The minimum Gasteiger partial charge on any atom is -0.380 e. The van der Waals surface area contributed by atoms with Crippen LogP contribution in [0, 0.1) is 5.82 Å². The van der Waals surface area contributed by atoms with Crippen molar-refractivity contribution in [1.29, 1.82) is 0 Å². The number of carbonyl (C=O) groups excluding carboxylic acids is 1. The van der Waals surface area contributed by atoms with Gasteiger partial charge in [0.25, 0.3) is 5.91 Å². The Bertz CT molecular complexity index is 529. The Hall–Kier alpha value is -1.07. The lowest BCUT2D eigenvalue weighted by Crippen LogP contribution is -2.49. The monoisotopic (exact) mass is 295 g/mol. The van der Waals surface area contributed by atoms with Crippen molar-refractivity contribution in [2.75, 3.05) is 11.5 Å². The maximum atomic E-state index is 13.2. The molecule has 1 heterocycles. The lowest BCUT2D eigenvalue weighted by atomic mass is 9.95. The van der Waals surface area contributed by atoms with Gasteiger partial charge in [0, 0.05) is 0 Å². The molecule has 1 amide bonds. The fourth-order valence-electron chi connectivity index (χ4n) is 2.96. The number of hydrogen-bond acceptors (Lipinski definition) is 3. The summed E-state index contributed by atoms with van der Waals surface area (Å²) in [6.07, 6.45) is 2.56. The fourth-order valence-corrected chi connectivity index (χ4v) is 4.13. The summed E-state index contributed by atoms with van der Waals surface area (Å²) < 4.78 is 13.2. The van der Waals surface area contributed by atoms with Gasteiger partial charge in [-0.25, -0.2) is 4.39 Å². The summed E-state index contributed by atoms with van der Waals surface area (Å²) >= 11 is 1.77. The molecule has 1 saturated heterocycles. The normalized spacial score (nSPS) is 24.2. The molecule has 1 atom stereocenters. The molecule has 5 heteroatoms. The van der Waals surface area contributed by atoms with Crippen LogP contribution in [0.2, 0.25) is 0 Å². The number of nitrogens with one attached hydrogen (secondary N) is 1. The van der Waals surface area contributed by atoms with Gasteiger partial charge in [-0.15, -0.1) is 0 Å². The molecule has 1 aromatic rings. The third kappa shape index (κ3) is 2.56. The standard InChI is InChI=1S/C15H18FNO2S/c16-11-2-3-12-10(9-11)1-4-13(12)17-14(18)15(19)5-7-20-8-6-15/h2-3,9,13,19H,1,4-8H2,(H,17,18). The van der Waals surface area contributed by atoms with Crippen LogP contribution in [0.15, 0.2) is 18.2 Å². The molecule has 2 N–H and O–H groups in total. The van der Waals surface area contributed by atoms with Gasteiger partial charge in [0.1, 0.15) is 11.4 Å². The van der Waals surface area contributed by atoms with E-state index in [9.17, 15) is 14.3 Å². The summed E-state index contributed by atoms with van der Waals surface area (Å²) in [5.74, 6) is 1.12. The van der Waals surface area contributed by atoms with Crippen molar-refractivity contribution in [3.05, 3.63) is 35.1 Å². The van der Waals surface area contributed by atoms with Gasteiger partial charge in [0.15, 0.2) is 0 Å². The second-order valence-corrected chi connectivity index (χ2v) is 6.78. The number of aliphatic hydroxyl groups is 1. The SMILES string of the molecule is O=C(NC1CCc2cc(F)ccc21)C1(O)CCSCC1. The number of benzene rings is 1. The molecule has 2 aliphatic rings. The van der Waals surface area contributed by atoms with Crippen LogP contribution in [0.3, 0.4) is 0 Å². The average Bonchev–Trinajstić information content (AvgIpc) is 2.82. The lowest BCUT2D eigenvalue weighted by molar-refractivity contribution is -0.141. The number of amides is 1. The maximum absolute atomic E-state index is 13.2. The highest BCUT2D eigenvalue weighted by Crippen LogP contribution is 2.33. The topological polar surface area (TPSA) is 49.3 Å². The zero-order chi connectivity index (χ0) is 14.2. The van der Waals surface area contributed by atoms with Gasteiger partial charge >= 0.3 is 0 Å². The summed E-state index contributed by atoms with van der Waals surface area (Å²) in [6, 6.07) is 4.60. The molecule has 0 radical (unpaired) electrons. The van der Waals surface area contributed by atoms with Crippen molar-refractivity contribution < 1.29 is 14.3 Å². The number of halogens is 1. The number of rotatable bonds is 2. The van der Waals surface area contributed by atoms with Gasteiger partial charge in [-0.2, -0.15) is 11.8 Å². The van der Waals surface area contributed by atoms with Gasteiger partial charge in [-0.1, -0.05) is 6.07 Å². The van der Waals surface area contributed by atoms with E-state index in [1.54, 1.807) is 17.8 Å². The molecule has 3 rings (SSSR count). The smallest absolute Gasteiger partial charge is 0.252 e. The lowest BCUT2D eigenvalue weighted by Gasteiger charge is -2.31. The number of fused-ring (bicyclic) bond motifs is 1. The largest absolute Gasteiger partial charge is 0.380 e. The molecular weight excluding hydrogens is 277 g/mol. The molecule has 1 aromatic carbocycles. The van der Waals surface area contributed by atoms with Crippen LogP contribution in [0.4, 0.5) is 4.39 Å². The van der Waals surface area contributed by atoms with Gasteiger partial charge < -0.3 is 10.4 Å². The Kier molecular flexibility index (Phi) is 3.73. The molecule has 3 nitrogen and oxygen atoms in total. The van der Waals surface area contributed by atoms with Gasteiger partial charge in [0.05, 0.1) is 6.04 Å². The highest BCUT2D eigenvalue weighted by Gasteiger charge is 2.39. The first kappa shape index (κ1) is 13.9. The quantitative estimate of drug-likeness (QED) is 0.879. The Balaban J connectivity index is 1.72. The summed E-state index contributed by atoms with van der Waals surface area (Å²) in [5, 5.41) is 13.4. The van der Waals surface area contributed by atoms with E-state index in [-0.39, 0.29) is 17.8 Å². The van der Waals surface area contributed by atoms with Crippen molar-refractivity contribution in [3.8, 4) is 0 Å². The van der Waals surface area contributed by atoms with E-state index in [1.165, 1.54) is 12.1 Å². The van der Waals surface area contributed by atoms with Crippen LogP contribution in [0.1, 0.15) is 36.4 Å². The molecule has 0 saturated carbocycles. The Morgan fingerprint density at radius 2 is 2.15 bits per heavy atom. The third-order valence-electron chi connectivity index (χ3n) is 4.23. The number of hydrogen-bond donors (Lipinski definition) is 2. The molecule has 0 bridgehead atoms.